The van der Waals surface area contributed by atoms with E-state index in [2.05, 4.69) is 10.6 Å². The molecule has 1 aromatic carbocycles. The van der Waals surface area contributed by atoms with Gasteiger partial charge in [-0.1, -0.05) is 43.2 Å². The third-order valence-electron chi connectivity index (χ3n) is 4.17. The van der Waals surface area contributed by atoms with Gasteiger partial charge in [0, 0.05) is 6.92 Å². The molecule has 114 valence electrons. The fourth-order valence-electron chi connectivity index (χ4n) is 3.04. The Morgan fingerprint density at radius 3 is 2.29 bits per heavy atom. The van der Waals surface area contributed by atoms with Gasteiger partial charge in [0.2, 0.25) is 11.8 Å². The number of amides is 2. The molecule has 0 bridgehead atoms. The van der Waals surface area contributed by atoms with E-state index in [4.69, 9.17) is 0 Å². The number of carbonyl (C=O) groups is 2. The number of benzene rings is 1. The summed E-state index contributed by atoms with van der Waals surface area (Å²) >= 11 is 0. The molecule has 2 rings (SSSR count). The highest BCUT2D eigenvalue weighted by Crippen LogP contribution is 2.28. The van der Waals surface area contributed by atoms with Crippen molar-refractivity contribution in [1.82, 2.24) is 10.6 Å². The number of nitrogens with one attached hydrogen (secondary N) is 2. The van der Waals surface area contributed by atoms with Crippen LogP contribution in [0.5, 0.6) is 0 Å². The van der Waals surface area contributed by atoms with Crippen LogP contribution < -0.4 is 10.6 Å². The first-order chi connectivity index (χ1) is 10.1. The van der Waals surface area contributed by atoms with Crippen molar-refractivity contribution in [3.63, 3.8) is 0 Å². The topological polar surface area (TPSA) is 58.2 Å². The maximum Gasteiger partial charge on any atom is 0.243 e. The Balaban J connectivity index is 2.02. The van der Waals surface area contributed by atoms with E-state index in [1.807, 2.05) is 37.3 Å². The second-order valence-electron chi connectivity index (χ2n) is 5.86. The van der Waals surface area contributed by atoms with Crippen LogP contribution in [0, 0.1) is 5.92 Å². The predicted octanol–water partition coefficient (Wildman–Crippen LogP) is 2.56. The van der Waals surface area contributed by atoms with Crippen LogP contribution in [0.4, 0.5) is 0 Å². The summed E-state index contributed by atoms with van der Waals surface area (Å²) in [6, 6.07) is 9.39. The molecule has 0 aromatic heterocycles. The zero-order chi connectivity index (χ0) is 15.2. The zero-order valence-electron chi connectivity index (χ0n) is 12.8. The predicted molar refractivity (Wildman–Crippen MR) is 82.6 cm³/mol. The van der Waals surface area contributed by atoms with Crippen molar-refractivity contribution in [3.05, 3.63) is 35.9 Å². The lowest BCUT2D eigenvalue weighted by molar-refractivity contribution is -0.129. The molecule has 1 aromatic rings. The molecule has 0 heterocycles. The van der Waals surface area contributed by atoms with Gasteiger partial charge in [-0.05, 0) is 31.2 Å². The van der Waals surface area contributed by atoms with E-state index in [9.17, 15) is 9.59 Å². The fraction of sp³-hybridized carbons (Fsp3) is 0.529. The highest BCUT2D eigenvalue weighted by Gasteiger charge is 2.31. The quantitative estimate of drug-likeness (QED) is 0.875. The van der Waals surface area contributed by atoms with Crippen LogP contribution >= 0.6 is 0 Å². The molecule has 2 amide bonds. The largest absolute Gasteiger partial charge is 0.348 e. The Bertz CT molecular complexity index is 481. The first kappa shape index (κ1) is 15.5. The molecule has 0 spiro atoms. The summed E-state index contributed by atoms with van der Waals surface area (Å²) in [7, 11) is 0. The van der Waals surface area contributed by atoms with E-state index in [0.717, 1.165) is 31.2 Å². The van der Waals surface area contributed by atoms with Crippen LogP contribution in [0.2, 0.25) is 0 Å². The van der Waals surface area contributed by atoms with Crippen molar-refractivity contribution in [2.24, 2.45) is 5.92 Å². The first-order valence-corrected chi connectivity index (χ1v) is 7.70. The van der Waals surface area contributed by atoms with Gasteiger partial charge in [0.15, 0.2) is 0 Å². The van der Waals surface area contributed by atoms with Gasteiger partial charge in [0.1, 0.15) is 6.04 Å². The van der Waals surface area contributed by atoms with Crippen molar-refractivity contribution < 1.29 is 9.59 Å². The minimum atomic E-state index is -0.406. The van der Waals surface area contributed by atoms with E-state index in [-0.39, 0.29) is 23.8 Å². The van der Waals surface area contributed by atoms with Crippen molar-refractivity contribution in [1.29, 1.82) is 0 Å². The Morgan fingerprint density at radius 2 is 1.71 bits per heavy atom. The standard InChI is InChI=1S/C17H24N2O2/c1-12(14-8-4-3-5-9-14)18-17(21)16(19-13(2)20)15-10-6-7-11-15/h3-5,8-9,12,15-16H,6-7,10-11H2,1-2H3,(H,18,21)(H,19,20). The monoisotopic (exact) mass is 288 g/mol. The van der Waals surface area contributed by atoms with Gasteiger partial charge >= 0.3 is 0 Å². The summed E-state index contributed by atoms with van der Waals surface area (Å²) < 4.78 is 0. The van der Waals surface area contributed by atoms with Gasteiger partial charge in [0.05, 0.1) is 6.04 Å². The molecule has 4 nitrogen and oxygen atoms in total. The molecule has 1 aliphatic rings. The SMILES string of the molecule is CC(=O)NC(C(=O)NC(C)c1ccccc1)C1CCCC1. The minimum absolute atomic E-state index is 0.0589. The van der Waals surface area contributed by atoms with Gasteiger partial charge in [-0.3, -0.25) is 9.59 Å². The van der Waals surface area contributed by atoms with E-state index >= 15 is 0 Å². The second kappa shape index (κ2) is 7.25. The van der Waals surface area contributed by atoms with E-state index in [0.29, 0.717) is 0 Å². The van der Waals surface area contributed by atoms with Crippen molar-refractivity contribution in [2.75, 3.05) is 0 Å². The van der Waals surface area contributed by atoms with Gasteiger partial charge in [-0.15, -0.1) is 0 Å². The van der Waals surface area contributed by atoms with E-state index in [1.54, 1.807) is 0 Å². The van der Waals surface area contributed by atoms with Crippen LogP contribution in [0.25, 0.3) is 0 Å². The minimum Gasteiger partial charge on any atom is -0.348 e. The summed E-state index contributed by atoms with van der Waals surface area (Å²) in [4.78, 5) is 23.9. The number of hydrogen-bond acceptors (Lipinski definition) is 2. The molecule has 0 radical (unpaired) electrons. The third-order valence-corrected chi connectivity index (χ3v) is 4.17. The van der Waals surface area contributed by atoms with Gasteiger partial charge in [-0.25, -0.2) is 0 Å². The summed E-state index contributed by atoms with van der Waals surface area (Å²) in [6.45, 7) is 3.43. The average Bonchev–Trinajstić information content (AvgIpc) is 2.99. The van der Waals surface area contributed by atoms with Gasteiger partial charge < -0.3 is 10.6 Å². The summed E-state index contributed by atoms with van der Waals surface area (Å²) in [5, 5.41) is 5.85. The highest BCUT2D eigenvalue weighted by atomic mass is 16.2. The lowest BCUT2D eigenvalue weighted by Gasteiger charge is -2.25. The van der Waals surface area contributed by atoms with Crippen LogP contribution in [0.15, 0.2) is 30.3 Å². The van der Waals surface area contributed by atoms with Crippen LogP contribution in [-0.4, -0.2) is 17.9 Å². The average molecular weight is 288 g/mol. The third kappa shape index (κ3) is 4.31. The maximum absolute atomic E-state index is 12.5. The summed E-state index contributed by atoms with van der Waals surface area (Å²) in [5.41, 5.74) is 1.07. The number of hydrogen-bond donors (Lipinski definition) is 2. The molecule has 1 fully saturated rings. The summed E-state index contributed by atoms with van der Waals surface area (Å²) in [5.74, 6) is 0.0414. The molecule has 2 unspecified atom stereocenters. The molecular weight excluding hydrogens is 264 g/mol. The molecule has 2 N–H and O–H groups in total. The van der Waals surface area contributed by atoms with Crippen molar-refractivity contribution in [3.8, 4) is 0 Å². The van der Waals surface area contributed by atoms with Crippen LogP contribution in [0.3, 0.4) is 0 Å². The van der Waals surface area contributed by atoms with Crippen LogP contribution in [0.1, 0.15) is 51.1 Å². The Kier molecular flexibility index (Phi) is 5.37. The number of carbonyl (C=O) groups excluding carboxylic acids is 2. The first-order valence-electron chi connectivity index (χ1n) is 7.70. The molecule has 21 heavy (non-hydrogen) atoms. The number of rotatable bonds is 5. The summed E-state index contributed by atoms with van der Waals surface area (Å²) in [6.07, 6.45) is 4.31. The van der Waals surface area contributed by atoms with Crippen LogP contribution in [-0.2, 0) is 9.59 Å². The van der Waals surface area contributed by atoms with Crippen molar-refractivity contribution >= 4 is 11.8 Å². The van der Waals surface area contributed by atoms with Crippen molar-refractivity contribution in [2.45, 2.75) is 51.6 Å². The zero-order valence-corrected chi connectivity index (χ0v) is 12.8. The molecular formula is C17H24N2O2. The molecule has 0 saturated heterocycles. The van der Waals surface area contributed by atoms with E-state index in [1.165, 1.54) is 6.92 Å². The lowest BCUT2D eigenvalue weighted by atomic mass is 9.96. The Morgan fingerprint density at radius 1 is 1.10 bits per heavy atom. The fourth-order valence-corrected chi connectivity index (χ4v) is 3.04. The molecule has 2 atom stereocenters. The lowest BCUT2D eigenvalue weighted by Crippen LogP contribution is -2.50. The normalized spacial score (nSPS) is 18.0. The van der Waals surface area contributed by atoms with Gasteiger partial charge in [-0.2, -0.15) is 0 Å². The highest BCUT2D eigenvalue weighted by molar-refractivity contribution is 5.87. The second-order valence-corrected chi connectivity index (χ2v) is 5.86. The Hall–Kier alpha value is -1.84. The molecule has 1 aliphatic carbocycles. The smallest absolute Gasteiger partial charge is 0.243 e. The van der Waals surface area contributed by atoms with E-state index < -0.39 is 6.04 Å². The Labute approximate surface area is 126 Å². The van der Waals surface area contributed by atoms with Gasteiger partial charge in [0.25, 0.3) is 0 Å². The molecule has 0 aliphatic heterocycles. The molecule has 4 heteroatoms. The maximum atomic E-state index is 12.5. The molecule has 1 saturated carbocycles.